The molecule has 0 N–H and O–H groups in total. The lowest BCUT2D eigenvalue weighted by Gasteiger charge is -2.39. The molecule has 1 rings (SSSR count). The maximum absolute atomic E-state index is 8.25. The average Bonchev–Trinajstić information content (AvgIpc) is 2.86. The van der Waals surface area contributed by atoms with E-state index in [1.54, 1.807) is 5.56 Å². The molecule has 0 bridgehead atoms. The maximum Gasteiger partial charge on any atom is 0.104 e. The Morgan fingerprint density at radius 3 is 1.19 bits per heavy atom. The summed E-state index contributed by atoms with van der Waals surface area (Å²) in [5, 5.41) is 14.8. The van der Waals surface area contributed by atoms with Gasteiger partial charge in [0.25, 0.3) is 0 Å². The van der Waals surface area contributed by atoms with Gasteiger partial charge in [0.2, 0.25) is 0 Å². The highest BCUT2D eigenvalue weighted by molar-refractivity contribution is 5.13. The molecule has 0 saturated carbocycles. The highest BCUT2D eigenvalue weighted by atomic mass is 16.9. The van der Waals surface area contributed by atoms with Gasteiger partial charge in [-0.05, 0) is 38.5 Å². The quantitative estimate of drug-likeness (QED) is 0.0642. The molecular weight excluding hydrogens is 448 g/mol. The Labute approximate surface area is 223 Å². The molecule has 0 aromatic heterocycles. The van der Waals surface area contributed by atoms with Gasteiger partial charge in [-0.3, -0.25) is 0 Å². The van der Waals surface area contributed by atoms with E-state index in [-0.39, 0.29) is 0 Å². The predicted octanol–water partition coefficient (Wildman–Crippen LogP) is 9.85. The zero-order valence-electron chi connectivity index (χ0n) is 24.1. The summed E-state index contributed by atoms with van der Waals surface area (Å²) in [5.41, 5.74) is 1.55. The predicted molar refractivity (Wildman–Crippen MR) is 155 cm³/mol. The molecule has 0 atom stereocenters. The van der Waals surface area contributed by atoms with E-state index in [0.717, 1.165) is 0 Å². The van der Waals surface area contributed by atoms with Crippen molar-refractivity contribution in [2.45, 2.75) is 143 Å². The van der Waals surface area contributed by atoms with Crippen LogP contribution >= 0.6 is 0 Å². The summed E-state index contributed by atoms with van der Waals surface area (Å²) in [6.45, 7) is 12.4. The van der Waals surface area contributed by atoms with Crippen LogP contribution < -0.4 is 0 Å². The Balaban J connectivity index is 0.00000283. The summed E-state index contributed by atoms with van der Waals surface area (Å²) < 4.78 is 1.35. The first-order valence-electron chi connectivity index (χ1n) is 15.2. The smallest absolute Gasteiger partial charge is 0.104 e. The van der Waals surface area contributed by atoms with Gasteiger partial charge < -0.3 is 19.8 Å². The van der Waals surface area contributed by atoms with Crippen LogP contribution in [0.1, 0.15) is 142 Å². The van der Waals surface area contributed by atoms with Crippen molar-refractivity contribution < 1.29 is 9.57 Å². The van der Waals surface area contributed by atoms with E-state index < -0.39 is 5.09 Å². The highest BCUT2D eigenvalue weighted by Crippen LogP contribution is 2.22. The van der Waals surface area contributed by atoms with Crippen LogP contribution in [0.3, 0.4) is 0 Å². The minimum atomic E-state index is -1.75. The van der Waals surface area contributed by atoms with Gasteiger partial charge in [0.1, 0.15) is 6.54 Å². The Kier molecular flexibility index (Phi) is 23.9. The normalized spacial score (nSPS) is 11.2. The highest BCUT2D eigenvalue weighted by Gasteiger charge is 2.26. The number of hydrogen-bond acceptors (Lipinski definition) is 3. The van der Waals surface area contributed by atoms with E-state index in [4.69, 9.17) is 15.3 Å². The second-order valence-corrected chi connectivity index (χ2v) is 10.7. The summed E-state index contributed by atoms with van der Waals surface area (Å²) in [6, 6.07) is 11.4. The van der Waals surface area contributed by atoms with Crippen molar-refractivity contribution in [3.8, 4) is 0 Å². The second-order valence-electron chi connectivity index (χ2n) is 10.7. The summed E-state index contributed by atoms with van der Waals surface area (Å²) in [6.07, 6.45) is 25.5. The van der Waals surface area contributed by atoms with Crippen LogP contribution in [-0.4, -0.2) is 29.2 Å². The van der Waals surface area contributed by atoms with E-state index in [1.165, 1.54) is 146 Å². The molecular formula is C31H58N2O3. The Morgan fingerprint density at radius 2 is 0.861 bits per heavy atom. The molecule has 5 heteroatoms. The van der Waals surface area contributed by atoms with Crippen molar-refractivity contribution in [2.24, 2.45) is 0 Å². The number of benzene rings is 1. The van der Waals surface area contributed by atoms with Crippen molar-refractivity contribution in [3.63, 3.8) is 0 Å². The van der Waals surface area contributed by atoms with Crippen LogP contribution in [0.5, 0.6) is 0 Å². The van der Waals surface area contributed by atoms with E-state index in [2.05, 4.69) is 51.1 Å². The van der Waals surface area contributed by atoms with E-state index in [1.807, 2.05) is 0 Å². The fourth-order valence-corrected chi connectivity index (χ4v) is 5.23. The maximum atomic E-state index is 8.25. The number of rotatable bonds is 23. The van der Waals surface area contributed by atoms with Crippen molar-refractivity contribution in [1.82, 2.24) is 0 Å². The van der Waals surface area contributed by atoms with Crippen LogP contribution in [0.2, 0.25) is 0 Å². The third kappa shape index (κ3) is 21.6. The Hall–Kier alpha value is -1.62. The van der Waals surface area contributed by atoms with Gasteiger partial charge in [-0.1, -0.05) is 128 Å². The zero-order chi connectivity index (χ0) is 26.7. The fourth-order valence-electron chi connectivity index (χ4n) is 5.23. The largest absolute Gasteiger partial charge is 0.356 e. The molecule has 1 aromatic carbocycles. The molecule has 0 aliphatic carbocycles. The summed E-state index contributed by atoms with van der Waals surface area (Å²) in [5.74, 6) is 0. The van der Waals surface area contributed by atoms with Gasteiger partial charge in [0.05, 0.1) is 24.7 Å². The molecule has 0 aliphatic heterocycles. The molecule has 36 heavy (non-hydrogen) atoms. The molecule has 0 fully saturated rings. The lowest BCUT2D eigenvalue weighted by atomic mass is 10.0. The van der Waals surface area contributed by atoms with Gasteiger partial charge in [-0.15, -0.1) is 0 Å². The second kappa shape index (κ2) is 25.0. The van der Waals surface area contributed by atoms with Gasteiger partial charge in [-0.25, -0.2) is 0 Å². The number of unbranched alkanes of at least 4 members (excludes halogenated alkanes) is 15. The molecule has 0 radical (unpaired) electrons. The SMILES string of the molecule is CCCCCCCC[N+](CCCCCCCC)(CCCCCCCC)Cc1ccccc1.O=[N+]([O-])[O-]. The summed E-state index contributed by atoms with van der Waals surface area (Å²) in [7, 11) is 0. The van der Waals surface area contributed by atoms with Crippen molar-refractivity contribution in [1.29, 1.82) is 0 Å². The summed E-state index contributed by atoms with van der Waals surface area (Å²) in [4.78, 5) is 8.25. The molecule has 0 heterocycles. The molecule has 0 aliphatic rings. The van der Waals surface area contributed by atoms with Crippen molar-refractivity contribution in [3.05, 3.63) is 51.2 Å². The monoisotopic (exact) mass is 506 g/mol. The van der Waals surface area contributed by atoms with E-state index in [0.29, 0.717) is 0 Å². The van der Waals surface area contributed by atoms with Crippen LogP contribution in [0.4, 0.5) is 0 Å². The van der Waals surface area contributed by atoms with E-state index in [9.17, 15) is 0 Å². The third-order valence-corrected chi connectivity index (χ3v) is 7.32. The van der Waals surface area contributed by atoms with Crippen LogP contribution in [0.25, 0.3) is 0 Å². The Bertz CT molecular complexity index is 550. The first kappa shape index (κ1) is 34.4. The average molecular weight is 507 g/mol. The van der Waals surface area contributed by atoms with Crippen LogP contribution in [-0.2, 0) is 6.54 Å². The van der Waals surface area contributed by atoms with Crippen LogP contribution in [0.15, 0.2) is 30.3 Å². The number of quaternary nitrogens is 1. The minimum absolute atomic E-state index is 1.25. The fraction of sp³-hybridized carbons (Fsp3) is 0.806. The molecule has 0 saturated heterocycles. The van der Waals surface area contributed by atoms with Crippen LogP contribution in [0, 0.1) is 15.3 Å². The van der Waals surface area contributed by atoms with Crippen molar-refractivity contribution >= 4 is 0 Å². The molecule has 0 spiro atoms. The minimum Gasteiger partial charge on any atom is -0.356 e. The molecule has 0 unspecified atom stereocenters. The standard InChI is InChI=1S/C31H58N.NO3/c1-4-7-10-13-16-22-27-32(28-23-17-14-11-8-5-2,29-24-18-15-12-9-6-3)30-31-25-20-19-21-26-31;2-1(3)4/h19-21,25-26H,4-18,22-24,27-30H2,1-3H3;/q+1;-1. The lowest BCUT2D eigenvalue weighted by Crippen LogP contribution is -2.49. The topological polar surface area (TPSA) is 66.2 Å². The van der Waals surface area contributed by atoms with Gasteiger partial charge in [0, 0.05) is 5.56 Å². The van der Waals surface area contributed by atoms with E-state index >= 15 is 0 Å². The number of hydrogen-bond donors (Lipinski definition) is 0. The lowest BCUT2D eigenvalue weighted by molar-refractivity contribution is -0.941. The first-order chi connectivity index (χ1) is 17.5. The third-order valence-electron chi connectivity index (χ3n) is 7.32. The zero-order valence-corrected chi connectivity index (χ0v) is 24.1. The van der Waals surface area contributed by atoms with Crippen molar-refractivity contribution in [2.75, 3.05) is 19.6 Å². The molecule has 1 aromatic rings. The molecule has 5 nitrogen and oxygen atoms in total. The number of nitrogens with zero attached hydrogens (tertiary/aromatic N) is 2. The molecule has 0 amide bonds. The van der Waals surface area contributed by atoms with Gasteiger partial charge in [-0.2, -0.15) is 0 Å². The van der Waals surface area contributed by atoms with Gasteiger partial charge >= 0.3 is 0 Å². The van der Waals surface area contributed by atoms with Gasteiger partial charge in [0.15, 0.2) is 0 Å². The first-order valence-corrected chi connectivity index (χ1v) is 15.2. The summed E-state index contributed by atoms with van der Waals surface area (Å²) >= 11 is 0. The molecule has 210 valence electrons. The Morgan fingerprint density at radius 1 is 0.556 bits per heavy atom.